The molecule has 1 aromatic rings. The number of ether oxygens (including phenoxy) is 3. The van der Waals surface area contributed by atoms with Crippen molar-refractivity contribution in [3.05, 3.63) is 76.9 Å². The van der Waals surface area contributed by atoms with E-state index in [0.717, 1.165) is 36.0 Å². The number of carbonyl (C=O) groups is 2. The monoisotopic (exact) mass is 492 g/mol. The minimum atomic E-state index is -0.985. The van der Waals surface area contributed by atoms with E-state index in [9.17, 15) is 14.7 Å². The van der Waals surface area contributed by atoms with Crippen molar-refractivity contribution in [2.75, 3.05) is 6.61 Å². The summed E-state index contributed by atoms with van der Waals surface area (Å²) in [4.78, 5) is 25.3. The van der Waals surface area contributed by atoms with Gasteiger partial charge in [0.25, 0.3) is 0 Å². The average Bonchev–Trinajstić information content (AvgIpc) is 3.39. The van der Waals surface area contributed by atoms with Crippen LogP contribution in [0.25, 0.3) is 6.08 Å². The van der Waals surface area contributed by atoms with Crippen LogP contribution in [0.4, 0.5) is 0 Å². The van der Waals surface area contributed by atoms with Crippen molar-refractivity contribution >= 4 is 18.0 Å². The second-order valence-corrected chi connectivity index (χ2v) is 10.1. The van der Waals surface area contributed by atoms with Crippen LogP contribution < -0.4 is 0 Å². The number of benzene rings is 1. The first-order chi connectivity index (χ1) is 17.2. The maximum atomic E-state index is 13.1. The molecule has 6 nitrogen and oxygen atoms in total. The Morgan fingerprint density at radius 3 is 2.67 bits per heavy atom. The molecule has 2 bridgehead atoms. The molecule has 1 aliphatic carbocycles. The topological polar surface area (TPSA) is 82.1 Å². The average molecular weight is 493 g/mol. The van der Waals surface area contributed by atoms with E-state index in [2.05, 4.69) is 13.8 Å². The molecule has 4 rings (SSSR count). The fraction of sp³-hybridized carbons (Fsp3) is 0.467. The molecular formula is C30H36O6. The van der Waals surface area contributed by atoms with Crippen LogP contribution in [0.3, 0.4) is 0 Å². The number of carbonyl (C=O) groups excluding carboxylic acids is 2. The number of hydrogen-bond acceptors (Lipinski definition) is 6. The molecule has 2 saturated heterocycles. The van der Waals surface area contributed by atoms with Gasteiger partial charge in [0.1, 0.15) is 23.9 Å². The lowest BCUT2D eigenvalue weighted by atomic mass is 9.75. The highest BCUT2D eigenvalue weighted by atomic mass is 16.6. The third kappa shape index (κ3) is 4.72. The van der Waals surface area contributed by atoms with E-state index >= 15 is 0 Å². The van der Waals surface area contributed by atoms with Gasteiger partial charge in [-0.25, -0.2) is 9.59 Å². The first kappa shape index (κ1) is 26.1. The van der Waals surface area contributed by atoms with Crippen molar-refractivity contribution in [1.29, 1.82) is 0 Å². The van der Waals surface area contributed by atoms with Gasteiger partial charge in [0.2, 0.25) is 0 Å². The van der Waals surface area contributed by atoms with Crippen molar-refractivity contribution in [1.82, 2.24) is 0 Å². The lowest BCUT2D eigenvalue weighted by molar-refractivity contribution is -0.200. The van der Waals surface area contributed by atoms with Crippen LogP contribution in [0.5, 0.6) is 0 Å². The Bertz CT molecular complexity index is 1110. The molecule has 0 spiro atoms. The number of esters is 2. The van der Waals surface area contributed by atoms with Gasteiger partial charge < -0.3 is 19.3 Å². The van der Waals surface area contributed by atoms with Gasteiger partial charge >= 0.3 is 11.9 Å². The van der Waals surface area contributed by atoms with Crippen LogP contribution in [-0.2, 0) is 23.8 Å². The molecule has 0 saturated carbocycles. The number of fused-ring (bicyclic) bond motifs is 4. The van der Waals surface area contributed by atoms with Crippen LogP contribution in [0.15, 0.2) is 71.4 Å². The maximum absolute atomic E-state index is 13.1. The fourth-order valence-corrected chi connectivity index (χ4v) is 5.98. The van der Waals surface area contributed by atoms with Crippen molar-refractivity contribution in [2.45, 2.75) is 76.8 Å². The minimum absolute atomic E-state index is 0.0560. The lowest BCUT2D eigenvalue weighted by Gasteiger charge is -2.49. The Balaban J connectivity index is 1.75. The second-order valence-electron chi connectivity index (χ2n) is 10.1. The molecule has 0 amide bonds. The highest BCUT2D eigenvalue weighted by Crippen LogP contribution is 2.61. The number of hydrogen-bond donors (Lipinski definition) is 1. The zero-order valence-electron chi connectivity index (χ0n) is 21.5. The number of aliphatic hydroxyl groups is 1. The molecule has 6 heteroatoms. The summed E-state index contributed by atoms with van der Waals surface area (Å²) in [7, 11) is 0. The summed E-state index contributed by atoms with van der Waals surface area (Å²) in [6, 6.07) is 9.59. The molecule has 0 aromatic heterocycles. The van der Waals surface area contributed by atoms with Gasteiger partial charge in [-0.1, -0.05) is 61.1 Å². The summed E-state index contributed by atoms with van der Waals surface area (Å²) in [5.41, 5.74) is 2.29. The largest absolute Gasteiger partial charge is 0.457 e. The van der Waals surface area contributed by atoms with Crippen molar-refractivity contribution in [2.24, 2.45) is 5.92 Å². The third-order valence-corrected chi connectivity index (χ3v) is 7.84. The summed E-state index contributed by atoms with van der Waals surface area (Å²) in [6.07, 6.45) is 10.9. The molecule has 192 valence electrons. The molecule has 2 heterocycles. The molecule has 3 aliphatic rings. The van der Waals surface area contributed by atoms with E-state index in [1.54, 1.807) is 6.08 Å². The summed E-state index contributed by atoms with van der Waals surface area (Å²) in [6.45, 7) is 7.41. The van der Waals surface area contributed by atoms with Crippen LogP contribution in [0, 0.1) is 5.92 Å². The Morgan fingerprint density at radius 2 is 1.97 bits per heavy atom. The predicted molar refractivity (Wildman–Crippen MR) is 138 cm³/mol. The zero-order chi connectivity index (χ0) is 25.9. The Morgan fingerprint density at radius 1 is 1.22 bits per heavy atom. The second kappa shape index (κ2) is 10.6. The fourth-order valence-electron chi connectivity index (χ4n) is 5.98. The predicted octanol–water partition coefficient (Wildman–Crippen LogP) is 5.09. The minimum Gasteiger partial charge on any atom is -0.457 e. The van der Waals surface area contributed by atoms with Crippen molar-refractivity contribution in [3.63, 3.8) is 0 Å². The van der Waals surface area contributed by atoms with Gasteiger partial charge in [-0.3, -0.25) is 0 Å². The summed E-state index contributed by atoms with van der Waals surface area (Å²) in [5, 5.41) is 9.37. The smallest absolute Gasteiger partial charge is 0.332 e. The zero-order valence-corrected chi connectivity index (χ0v) is 21.5. The van der Waals surface area contributed by atoms with Gasteiger partial charge in [0, 0.05) is 18.4 Å². The number of rotatable bonds is 8. The summed E-state index contributed by atoms with van der Waals surface area (Å²) >= 11 is 0. The van der Waals surface area contributed by atoms with Crippen LogP contribution in [0.2, 0.25) is 0 Å². The van der Waals surface area contributed by atoms with E-state index < -0.39 is 42.0 Å². The van der Waals surface area contributed by atoms with Crippen LogP contribution in [-0.4, -0.2) is 47.1 Å². The molecule has 36 heavy (non-hydrogen) atoms. The number of aliphatic hydroxyl groups excluding tert-OH is 1. The Hall–Kier alpha value is -2.96. The SMILES string of the molecule is CC/C=C\C=C(/C)C12CC(OC(=O)CO)C(C)(O1)C1CCC(C)=C1C2OC(=O)/C=C/c1ccccc1. The van der Waals surface area contributed by atoms with Crippen LogP contribution >= 0.6 is 0 Å². The standard InChI is InChI=1S/C30H36O6/c1-5-6-8-11-21(3)30-18-24(34-26(33)19-31)29(4,36-30)23-16-14-20(2)27(23)28(30)35-25(32)17-15-22-12-9-7-10-13-22/h6-13,15,17,23-24,28,31H,5,14,16,18-19H2,1-4H3/b8-6-,17-15+,21-11+. The van der Waals surface area contributed by atoms with Gasteiger partial charge in [0.15, 0.2) is 6.10 Å². The quantitative estimate of drug-likeness (QED) is 0.236. The van der Waals surface area contributed by atoms with Gasteiger partial charge in [0.05, 0.1) is 0 Å². The van der Waals surface area contributed by atoms with Crippen molar-refractivity contribution in [3.8, 4) is 0 Å². The molecule has 1 aromatic carbocycles. The first-order valence-electron chi connectivity index (χ1n) is 12.7. The van der Waals surface area contributed by atoms with E-state index in [1.807, 2.05) is 62.4 Å². The van der Waals surface area contributed by atoms with E-state index in [0.29, 0.717) is 6.42 Å². The highest BCUT2D eigenvalue weighted by molar-refractivity contribution is 5.87. The third-order valence-electron chi connectivity index (χ3n) is 7.84. The van der Waals surface area contributed by atoms with Crippen molar-refractivity contribution < 1.29 is 28.9 Å². The highest BCUT2D eigenvalue weighted by Gasteiger charge is 2.69. The van der Waals surface area contributed by atoms with E-state index in [4.69, 9.17) is 14.2 Å². The first-order valence-corrected chi connectivity index (χ1v) is 12.7. The molecule has 5 atom stereocenters. The van der Waals surface area contributed by atoms with E-state index in [-0.39, 0.29) is 5.92 Å². The maximum Gasteiger partial charge on any atom is 0.332 e. The van der Waals surface area contributed by atoms with Crippen LogP contribution in [0.1, 0.15) is 58.9 Å². The molecule has 0 radical (unpaired) electrons. The lowest BCUT2D eigenvalue weighted by Crippen LogP contribution is -2.57. The Kier molecular flexibility index (Phi) is 7.67. The number of allylic oxidation sites excluding steroid dienone is 4. The van der Waals surface area contributed by atoms with Gasteiger partial charge in [-0.2, -0.15) is 0 Å². The van der Waals surface area contributed by atoms with E-state index in [1.165, 1.54) is 11.6 Å². The Labute approximate surface area is 213 Å². The molecule has 2 fully saturated rings. The normalized spacial score (nSPS) is 31.8. The summed E-state index contributed by atoms with van der Waals surface area (Å²) < 4.78 is 18.8. The molecule has 5 unspecified atom stereocenters. The molecule has 2 aliphatic heterocycles. The molecule has 1 N–H and O–H groups in total. The van der Waals surface area contributed by atoms with Gasteiger partial charge in [-0.05, 0) is 62.8 Å². The van der Waals surface area contributed by atoms with Gasteiger partial charge in [-0.15, -0.1) is 0 Å². The molecular weight excluding hydrogens is 456 g/mol. The summed E-state index contributed by atoms with van der Waals surface area (Å²) in [5.74, 6) is -1.19.